The van der Waals surface area contributed by atoms with Gasteiger partial charge in [0.25, 0.3) is 0 Å². The molecule has 0 N–H and O–H groups in total. The maximum atomic E-state index is 12.6. The molecule has 2 saturated heterocycles. The molecule has 1 aromatic heterocycles. The lowest BCUT2D eigenvalue weighted by atomic mass is 9.83. The zero-order valence-corrected chi connectivity index (χ0v) is 15.5. The second-order valence-electron chi connectivity index (χ2n) is 7.06. The second kappa shape index (κ2) is 7.41. The van der Waals surface area contributed by atoms with Gasteiger partial charge in [0.1, 0.15) is 4.75 Å². The number of unbranched alkanes of at least 4 members (excludes halogenated alkanes) is 1. The summed E-state index contributed by atoms with van der Waals surface area (Å²) in [6, 6.07) is 5.64. The number of carbonyl (C=O) groups excluding carboxylic acids is 1. The van der Waals surface area contributed by atoms with Crippen molar-refractivity contribution in [1.29, 1.82) is 0 Å². The molecular formula is C18H26N2O4S. The molecule has 0 bridgehead atoms. The first-order chi connectivity index (χ1) is 12.0. The van der Waals surface area contributed by atoms with E-state index in [4.69, 9.17) is 4.74 Å². The molecule has 25 heavy (non-hydrogen) atoms. The number of pyridine rings is 1. The molecule has 2 aliphatic heterocycles. The molecule has 1 amide bonds. The smallest absolute Gasteiger partial charge is 0.222 e. The van der Waals surface area contributed by atoms with Crippen LogP contribution in [-0.4, -0.2) is 54.4 Å². The minimum Gasteiger partial charge on any atom is -0.375 e. The zero-order chi connectivity index (χ0) is 17.9. The van der Waals surface area contributed by atoms with Gasteiger partial charge in [-0.3, -0.25) is 9.78 Å². The standard InChI is InChI=1S/C18H26N2O4S/c1-2-3-7-17(21)20-13-18(14-20)15(8-10-25(18,22)23)11-24-12-16-6-4-5-9-19-16/h4-6,9,15H,2-3,7-8,10-14H2,1H3/t15-/m0/s1. The van der Waals surface area contributed by atoms with E-state index in [1.54, 1.807) is 11.1 Å². The fourth-order valence-corrected chi connectivity index (χ4v) is 6.16. The summed E-state index contributed by atoms with van der Waals surface area (Å²) in [7, 11) is -3.17. The Morgan fingerprint density at radius 3 is 2.88 bits per heavy atom. The molecule has 138 valence electrons. The van der Waals surface area contributed by atoms with Crippen LogP contribution in [0.25, 0.3) is 0 Å². The molecule has 2 fully saturated rings. The first kappa shape index (κ1) is 18.3. The van der Waals surface area contributed by atoms with Crippen LogP contribution >= 0.6 is 0 Å². The highest BCUT2D eigenvalue weighted by atomic mass is 32.2. The number of aromatic nitrogens is 1. The van der Waals surface area contributed by atoms with Gasteiger partial charge in [-0.25, -0.2) is 8.42 Å². The van der Waals surface area contributed by atoms with Crippen molar-refractivity contribution in [2.24, 2.45) is 5.92 Å². The zero-order valence-electron chi connectivity index (χ0n) is 14.7. The largest absolute Gasteiger partial charge is 0.375 e. The van der Waals surface area contributed by atoms with Crippen molar-refractivity contribution in [2.45, 2.75) is 44.0 Å². The van der Waals surface area contributed by atoms with Gasteiger partial charge in [0.05, 0.1) is 24.7 Å². The summed E-state index contributed by atoms with van der Waals surface area (Å²) in [5, 5.41) is 0. The summed E-state index contributed by atoms with van der Waals surface area (Å²) < 4.78 is 30.1. The SMILES string of the molecule is CCCCC(=O)N1CC2(C1)[C@H](COCc1ccccn1)CCS2(=O)=O. The lowest BCUT2D eigenvalue weighted by Crippen LogP contribution is -2.68. The molecule has 2 aliphatic rings. The van der Waals surface area contributed by atoms with Crippen molar-refractivity contribution in [3.8, 4) is 0 Å². The third kappa shape index (κ3) is 3.58. The summed E-state index contributed by atoms with van der Waals surface area (Å²) in [4.78, 5) is 18.0. The number of amides is 1. The number of rotatable bonds is 7. The fraction of sp³-hybridized carbons (Fsp3) is 0.667. The van der Waals surface area contributed by atoms with Crippen molar-refractivity contribution in [3.05, 3.63) is 30.1 Å². The second-order valence-corrected chi connectivity index (χ2v) is 9.51. The van der Waals surface area contributed by atoms with Crippen molar-refractivity contribution in [3.63, 3.8) is 0 Å². The molecule has 3 heterocycles. The topological polar surface area (TPSA) is 76.6 Å². The van der Waals surface area contributed by atoms with Crippen LogP contribution in [0.15, 0.2) is 24.4 Å². The van der Waals surface area contributed by atoms with Gasteiger partial charge in [-0.05, 0) is 25.0 Å². The molecule has 0 aliphatic carbocycles. The van der Waals surface area contributed by atoms with Crippen LogP contribution in [-0.2, 0) is 26.0 Å². The van der Waals surface area contributed by atoms with Gasteiger partial charge in [0.2, 0.25) is 5.91 Å². The number of hydrogen-bond donors (Lipinski definition) is 0. The van der Waals surface area contributed by atoms with E-state index < -0.39 is 14.6 Å². The van der Waals surface area contributed by atoms with Gasteiger partial charge in [0.15, 0.2) is 9.84 Å². The quantitative estimate of drug-likeness (QED) is 0.735. The van der Waals surface area contributed by atoms with Crippen molar-refractivity contribution in [1.82, 2.24) is 9.88 Å². The van der Waals surface area contributed by atoms with Crippen LogP contribution < -0.4 is 0 Å². The molecule has 6 nitrogen and oxygen atoms in total. The maximum absolute atomic E-state index is 12.6. The van der Waals surface area contributed by atoms with Crippen LogP contribution in [0.1, 0.15) is 38.3 Å². The number of likely N-dealkylation sites (tertiary alicyclic amines) is 1. The first-order valence-corrected chi connectivity index (χ1v) is 10.6. The molecule has 1 aromatic rings. The molecule has 3 rings (SSSR count). The van der Waals surface area contributed by atoms with Gasteiger partial charge >= 0.3 is 0 Å². The summed E-state index contributed by atoms with van der Waals surface area (Å²) in [6.07, 6.45) is 4.65. The van der Waals surface area contributed by atoms with E-state index in [-0.39, 0.29) is 17.6 Å². The normalized spacial score (nSPS) is 23.6. The Bertz CT molecular complexity index is 699. The van der Waals surface area contributed by atoms with Gasteiger partial charge in [-0.15, -0.1) is 0 Å². The minimum atomic E-state index is -3.17. The van der Waals surface area contributed by atoms with Crippen LogP contribution in [0.5, 0.6) is 0 Å². The van der Waals surface area contributed by atoms with Crippen LogP contribution in [0.4, 0.5) is 0 Å². The Hall–Kier alpha value is -1.47. The summed E-state index contributed by atoms with van der Waals surface area (Å²) in [6.45, 7) is 3.48. The van der Waals surface area contributed by atoms with Gasteiger partial charge < -0.3 is 9.64 Å². The van der Waals surface area contributed by atoms with E-state index in [1.165, 1.54) is 0 Å². The number of hydrogen-bond acceptors (Lipinski definition) is 5. The Labute approximate surface area is 149 Å². The lowest BCUT2D eigenvalue weighted by molar-refractivity contribution is -0.138. The molecule has 0 saturated carbocycles. The first-order valence-electron chi connectivity index (χ1n) is 8.96. The van der Waals surface area contributed by atoms with E-state index >= 15 is 0 Å². The molecule has 1 atom stereocenters. The highest BCUT2D eigenvalue weighted by Gasteiger charge is 2.62. The van der Waals surface area contributed by atoms with Crippen molar-refractivity contribution >= 4 is 15.7 Å². The fourth-order valence-electron chi connectivity index (χ4n) is 3.76. The highest BCUT2D eigenvalue weighted by molar-refractivity contribution is 7.93. The van der Waals surface area contributed by atoms with E-state index in [1.807, 2.05) is 25.1 Å². The van der Waals surface area contributed by atoms with Crippen LogP contribution in [0.3, 0.4) is 0 Å². The number of carbonyl (C=O) groups is 1. The predicted molar refractivity (Wildman–Crippen MR) is 94.6 cm³/mol. The maximum Gasteiger partial charge on any atom is 0.222 e. The van der Waals surface area contributed by atoms with Gasteiger partial charge in [-0.2, -0.15) is 0 Å². The van der Waals surface area contributed by atoms with Crippen molar-refractivity contribution < 1.29 is 17.9 Å². The van der Waals surface area contributed by atoms with Crippen LogP contribution in [0, 0.1) is 5.92 Å². The van der Waals surface area contributed by atoms with Crippen LogP contribution in [0.2, 0.25) is 0 Å². The molecule has 7 heteroatoms. The Kier molecular flexibility index (Phi) is 5.43. The molecular weight excluding hydrogens is 340 g/mol. The van der Waals surface area contributed by atoms with Crippen molar-refractivity contribution in [2.75, 3.05) is 25.4 Å². The Balaban J connectivity index is 1.58. The third-order valence-electron chi connectivity index (χ3n) is 5.41. The number of ether oxygens (including phenoxy) is 1. The average molecular weight is 366 g/mol. The minimum absolute atomic E-state index is 0.0450. The Morgan fingerprint density at radius 1 is 1.40 bits per heavy atom. The number of nitrogens with zero attached hydrogens (tertiary/aromatic N) is 2. The summed E-state index contributed by atoms with van der Waals surface area (Å²) >= 11 is 0. The van der Waals surface area contributed by atoms with E-state index in [0.717, 1.165) is 18.5 Å². The van der Waals surface area contributed by atoms with E-state index in [9.17, 15) is 13.2 Å². The molecule has 0 aromatic carbocycles. The average Bonchev–Trinajstić information content (AvgIpc) is 2.83. The van der Waals surface area contributed by atoms with Gasteiger partial charge in [0, 0.05) is 31.6 Å². The predicted octanol–water partition coefficient (Wildman–Crippen LogP) is 1.80. The van der Waals surface area contributed by atoms with E-state index in [0.29, 0.717) is 39.1 Å². The monoisotopic (exact) mass is 366 g/mol. The lowest BCUT2D eigenvalue weighted by Gasteiger charge is -2.50. The van der Waals surface area contributed by atoms with Gasteiger partial charge in [-0.1, -0.05) is 19.4 Å². The molecule has 0 radical (unpaired) electrons. The number of sulfone groups is 1. The highest BCUT2D eigenvalue weighted by Crippen LogP contribution is 2.45. The third-order valence-corrected chi connectivity index (χ3v) is 8.01. The summed E-state index contributed by atoms with van der Waals surface area (Å²) in [5.74, 6) is 0.223. The summed E-state index contributed by atoms with van der Waals surface area (Å²) in [5.41, 5.74) is 0.836. The Morgan fingerprint density at radius 2 is 2.20 bits per heavy atom. The molecule has 0 unspecified atom stereocenters. The van der Waals surface area contributed by atoms with E-state index in [2.05, 4.69) is 4.98 Å². The molecule has 1 spiro atoms.